The molecule has 0 aliphatic rings. The Morgan fingerprint density at radius 2 is 1.67 bits per heavy atom. The van der Waals surface area contributed by atoms with E-state index in [1.54, 1.807) is 0 Å². The number of nitrogens with zero attached hydrogens (tertiary/aromatic N) is 1. The zero-order valence-corrected chi connectivity index (χ0v) is 12.3. The molecular formula is C16H24N2O3. The number of amides is 1. The Balaban J connectivity index is 2.00. The van der Waals surface area contributed by atoms with Crippen LogP contribution in [0.5, 0.6) is 0 Å². The average molecular weight is 292 g/mol. The van der Waals surface area contributed by atoms with Gasteiger partial charge in [0, 0.05) is 19.4 Å². The Kier molecular flexibility index (Phi) is 8.12. The number of ketones is 1. The fraction of sp³-hybridized carbons (Fsp3) is 0.500. The van der Waals surface area contributed by atoms with Crippen LogP contribution in [0.25, 0.3) is 0 Å². The third-order valence-electron chi connectivity index (χ3n) is 3.36. The second kappa shape index (κ2) is 9.94. The highest BCUT2D eigenvalue weighted by Crippen LogP contribution is 2.08. The maximum Gasteiger partial charge on any atom is 0.421 e. The van der Waals surface area contributed by atoms with Gasteiger partial charge in [-0.1, -0.05) is 36.8 Å². The third kappa shape index (κ3) is 8.09. The van der Waals surface area contributed by atoms with Crippen LogP contribution in [0, 0.1) is 0 Å². The zero-order chi connectivity index (χ0) is 15.5. The fourth-order valence-electron chi connectivity index (χ4n) is 2.14. The van der Waals surface area contributed by atoms with E-state index in [2.05, 4.69) is 12.1 Å². The molecule has 5 nitrogen and oxygen atoms in total. The van der Waals surface area contributed by atoms with Crippen LogP contribution in [0.1, 0.15) is 44.1 Å². The standard InChI is InChI=1S/C16H24N2O3/c17-18(16(20)21)13-6-2-5-11-15(19)12-7-10-14-8-3-1-4-9-14/h1,3-4,8-9H,2,5-7,10-13,17H2,(H,20,21). The minimum Gasteiger partial charge on any atom is -0.464 e. The van der Waals surface area contributed by atoms with Gasteiger partial charge in [-0.15, -0.1) is 0 Å². The number of carbonyl (C=O) groups excluding carboxylic acids is 1. The van der Waals surface area contributed by atoms with E-state index < -0.39 is 6.09 Å². The summed E-state index contributed by atoms with van der Waals surface area (Å²) in [5, 5.41) is 9.34. The minimum atomic E-state index is -1.12. The first-order chi connectivity index (χ1) is 10.1. The van der Waals surface area contributed by atoms with E-state index in [1.165, 1.54) is 5.56 Å². The summed E-state index contributed by atoms with van der Waals surface area (Å²) in [6, 6.07) is 10.2. The number of nitrogens with two attached hydrogens (primary N) is 1. The molecule has 0 saturated carbocycles. The molecule has 0 fully saturated rings. The summed E-state index contributed by atoms with van der Waals surface area (Å²) < 4.78 is 0. The summed E-state index contributed by atoms with van der Waals surface area (Å²) in [7, 11) is 0. The summed E-state index contributed by atoms with van der Waals surface area (Å²) in [5.41, 5.74) is 1.27. The molecule has 1 rings (SSSR count). The van der Waals surface area contributed by atoms with Crippen molar-refractivity contribution in [2.24, 2.45) is 5.84 Å². The molecule has 0 heterocycles. The number of hydrogen-bond donors (Lipinski definition) is 2. The van der Waals surface area contributed by atoms with Crippen LogP contribution in [-0.4, -0.2) is 28.5 Å². The van der Waals surface area contributed by atoms with E-state index in [1.807, 2.05) is 18.2 Å². The van der Waals surface area contributed by atoms with Crippen LogP contribution in [0.3, 0.4) is 0 Å². The van der Waals surface area contributed by atoms with E-state index in [0.717, 1.165) is 30.7 Å². The molecule has 0 aromatic heterocycles. The molecule has 21 heavy (non-hydrogen) atoms. The number of rotatable bonds is 10. The quantitative estimate of drug-likeness (QED) is 0.300. The maximum atomic E-state index is 11.7. The van der Waals surface area contributed by atoms with Crippen molar-refractivity contribution in [2.45, 2.75) is 44.9 Å². The normalized spacial score (nSPS) is 10.3. The summed E-state index contributed by atoms with van der Waals surface area (Å²) in [4.78, 5) is 22.2. The molecule has 116 valence electrons. The first kappa shape index (κ1) is 17.2. The predicted octanol–water partition coefficient (Wildman–Crippen LogP) is 2.99. The molecule has 0 bridgehead atoms. The lowest BCUT2D eigenvalue weighted by atomic mass is 10.0. The Morgan fingerprint density at radius 1 is 1.00 bits per heavy atom. The largest absolute Gasteiger partial charge is 0.464 e. The van der Waals surface area contributed by atoms with Crippen molar-refractivity contribution in [3.8, 4) is 0 Å². The molecular weight excluding hydrogens is 268 g/mol. The molecule has 1 amide bonds. The maximum absolute atomic E-state index is 11.7. The molecule has 1 aromatic carbocycles. The SMILES string of the molecule is NN(CCCCCC(=O)CCCc1ccccc1)C(=O)O. The van der Waals surface area contributed by atoms with Crippen molar-refractivity contribution in [2.75, 3.05) is 6.54 Å². The minimum absolute atomic E-state index is 0.286. The predicted molar refractivity (Wildman–Crippen MR) is 81.8 cm³/mol. The number of unbranched alkanes of at least 4 members (excludes halogenated alkanes) is 2. The Morgan fingerprint density at radius 3 is 2.33 bits per heavy atom. The number of hydrazine groups is 1. The smallest absolute Gasteiger partial charge is 0.421 e. The molecule has 1 aromatic rings. The molecule has 0 radical (unpaired) electrons. The van der Waals surface area contributed by atoms with E-state index >= 15 is 0 Å². The first-order valence-corrected chi connectivity index (χ1v) is 7.40. The second-order valence-electron chi connectivity index (χ2n) is 5.16. The van der Waals surface area contributed by atoms with Crippen molar-refractivity contribution < 1.29 is 14.7 Å². The first-order valence-electron chi connectivity index (χ1n) is 7.40. The van der Waals surface area contributed by atoms with Gasteiger partial charge < -0.3 is 5.11 Å². The van der Waals surface area contributed by atoms with E-state index in [4.69, 9.17) is 10.9 Å². The molecule has 0 saturated heterocycles. The lowest BCUT2D eigenvalue weighted by molar-refractivity contribution is -0.119. The summed E-state index contributed by atoms with van der Waals surface area (Å²) >= 11 is 0. The van der Waals surface area contributed by atoms with Gasteiger partial charge >= 0.3 is 6.09 Å². The van der Waals surface area contributed by atoms with E-state index in [0.29, 0.717) is 25.8 Å². The van der Waals surface area contributed by atoms with Crippen molar-refractivity contribution in [3.63, 3.8) is 0 Å². The highest BCUT2D eigenvalue weighted by atomic mass is 16.4. The van der Waals surface area contributed by atoms with Gasteiger partial charge in [-0.3, -0.25) is 4.79 Å². The molecule has 0 unspecified atom stereocenters. The molecule has 0 spiro atoms. The van der Waals surface area contributed by atoms with E-state index in [9.17, 15) is 9.59 Å². The molecule has 0 atom stereocenters. The third-order valence-corrected chi connectivity index (χ3v) is 3.36. The highest BCUT2D eigenvalue weighted by Gasteiger charge is 2.06. The fourth-order valence-corrected chi connectivity index (χ4v) is 2.14. The summed E-state index contributed by atoms with van der Waals surface area (Å²) in [6.45, 7) is 0.317. The van der Waals surface area contributed by atoms with Gasteiger partial charge in [-0.25, -0.2) is 15.6 Å². The second-order valence-corrected chi connectivity index (χ2v) is 5.16. The molecule has 3 N–H and O–H groups in total. The molecule has 0 aliphatic carbocycles. The Bertz CT molecular complexity index is 434. The number of aryl methyl sites for hydroxylation is 1. The van der Waals surface area contributed by atoms with Crippen molar-refractivity contribution in [3.05, 3.63) is 35.9 Å². The Labute approximate surface area is 125 Å². The average Bonchev–Trinajstić information content (AvgIpc) is 2.47. The zero-order valence-electron chi connectivity index (χ0n) is 12.3. The van der Waals surface area contributed by atoms with Crippen LogP contribution in [0.2, 0.25) is 0 Å². The van der Waals surface area contributed by atoms with Crippen molar-refractivity contribution >= 4 is 11.9 Å². The number of benzene rings is 1. The van der Waals surface area contributed by atoms with Gasteiger partial charge in [0.1, 0.15) is 5.78 Å². The van der Waals surface area contributed by atoms with Crippen LogP contribution in [0.15, 0.2) is 30.3 Å². The lowest BCUT2D eigenvalue weighted by Crippen LogP contribution is -2.36. The number of carbonyl (C=O) groups is 2. The lowest BCUT2D eigenvalue weighted by Gasteiger charge is -2.11. The Hall–Kier alpha value is -1.88. The monoisotopic (exact) mass is 292 g/mol. The van der Waals surface area contributed by atoms with Gasteiger partial charge in [0.05, 0.1) is 0 Å². The van der Waals surface area contributed by atoms with Gasteiger partial charge in [0.2, 0.25) is 0 Å². The van der Waals surface area contributed by atoms with E-state index in [-0.39, 0.29) is 5.78 Å². The number of Topliss-reactive ketones (excluding diaryl/α,β-unsaturated/α-hetero) is 1. The van der Waals surface area contributed by atoms with Crippen molar-refractivity contribution in [1.29, 1.82) is 0 Å². The van der Waals surface area contributed by atoms with Crippen molar-refractivity contribution in [1.82, 2.24) is 5.01 Å². The van der Waals surface area contributed by atoms with Crippen LogP contribution in [0.4, 0.5) is 4.79 Å². The van der Waals surface area contributed by atoms with Crippen LogP contribution in [-0.2, 0) is 11.2 Å². The molecule has 5 heteroatoms. The molecule has 0 aliphatic heterocycles. The highest BCUT2D eigenvalue weighted by molar-refractivity contribution is 5.78. The van der Waals surface area contributed by atoms with Gasteiger partial charge in [-0.05, 0) is 31.2 Å². The number of carboxylic acid groups (broad SMARTS) is 1. The van der Waals surface area contributed by atoms with Gasteiger partial charge in [-0.2, -0.15) is 0 Å². The van der Waals surface area contributed by atoms with Gasteiger partial charge in [0.15, 0.2) is 0 Å². The van der Waals surface area contributed by atoms with Crippen LogP contribution >= 0.6 is 0 Å². The topological polar surface area (TPSA) is 83.6 Å². The summed E-state index contributed by atoms with van der Waals surface area (Å²) in [5.74, 6) is 5.53. The van der Waals surface area contributed by atoms with Gasteiger partial charge in [0.25, 0.3) is 0 Å². The number of hydrogen-bond acceptors (Lipinski definition) is 3. The summed E-state index contributed by atoms with van der Waals surface area (Å²) in [6.07, 6.45) is 4.22. The van der Waals surface area contributed by atoms with Crippen LogP contribution < -0.4 is 5.84 Å².